The van der Waals surface area contributed by atoms with Crippen molar-refractivity contribution in [3.63, 3.8) is 0 Å². The smallest absolute Gasteiger partial charge is 0.0733 e. The third-order valence-electron chi connectivity index (χ3n) is 3.32. The molecule has 2 aromatic carbocycles. The monoisotopic (exact) mass is 321 g/mol. The molecule has 0 aliphatic heterocycles. The van der Waals surface area contributed by atoms with E-state index in [1.54, 1.807) is 11.8 Å². The van der Waals surface area contributed by atoms with E-state index in [1.807, 2.05) is 55.5 Å². The van der Waals surface area contributed by atoms with Crippen molar-refractivity contribution in [2.24, 2.45) is 5.73 Å². The van der Waals surface area contributed by atoms with E-state index in [0.717, 1.165) is 26.8 Å². The Kier molecular flexibility index (Phi) is 6.12. The molecule has 2 aromatic rings. The molecule has 2 nitrogen and oxygen atoms in total. The van der Waals surface area contributed by atoms with Gasteiger partial charge >= 0.3 is 0 Å². The Labute approximate surface area is 135 Å². The van der Waals surface area contributed by atoms with Gasteiger partial charge in [-0.25, -0.2) is 0 Å². The van der Waals surface area contributed by atoms with E-state index in [9.17, 15) is 5.11 Å². The molecule has 21 heavy (non-hydrogen) atoms. The molecule has 0 heterocycles. The van der Waals surface area contributed by atoms with Crippen LogP contribution in [0.15, 0.2) is 58.3 Å². The van der Waals surface area contributed by atoms with E-state index in [2.05, 4.69) is 0 Å². The lowest BCUT2D eigenvalue weighted by Crippen LogP contribution is -2.26. The third-order valence-corrected chi connectivity index (χ3v) is 4.67. The quantitative estimate of drug-likeness (QED) is 0.814. The normalized spacial score (nSPS) is 13.9. The highest BCUT2D eigenvalue weighted by molar-refractivity contribution is 7.99. The minimum absolute atomic E-state index is 0.360. The molecule has 2 rings (SSSR count). The lowest BCUT2D eigenvalue weighted by molar-refractivity contribution is 0.133. The summed E-state index contributed by atoms with van der Waals surface area (Å²) in [6.07, 6.45) is 1.12. The molecule has 112 valence electrons. The molecule has 0 saturated carbocycles. The zero-order valence-corrected chi connectivity index (χ0v) is 13.6. The maximum absolute atomic E-state index is 10.1. The fourth-order valence-corrected chi connectivity index (χ4v) is 3.28. The number of benzene rings is 2. The summed E-state index contributed by atoms with van der Waals surface area (Å²) in [6.45, 7) is 2.05. The van der Waals surface area contributed by atoms with E-state index in [0.29, 0.717) is 6.42 Å². The summed E-state index contributed by atoms with van der Waals surface area (Å²) in [5.74, 6) is 0. The van der Waals surface area contributed by atoms with Crippen molar-refractivity contribution >= 4 is 23.4 Å². The molecule has 2 atom stereocenters. The van der Waals surface area contributed by atoms with Crippen molar-refractivity contribution in [3.8, 4) is 0 Å². The maximum Gasteiger partial charge on any atom is 0.0733 e. The molecule has 0 fully saturated rings. The zero-order chi connectivity index (χ0) is 15.2. The molecule has 0 saturated heterocycles. The van der Waals surface area contributed by atoms with Gasteiger partial charge in [-0.15, -0.1) is 0 Å². The highest BCUT2D eigenvalue weighted by Gasteiger charge is 2.19. The van der Waals surface area contributed by atoms with Gasteiger partial charge in [-0.2, -0.15) is 0 Å². The van der Waals surface area contributed by atoms with Gasteiger partial charge in [0.25, 0.3) is 0 Å². The van der Waals surface area contributed by atoms with Crippen LogP contribution in [0.2, 0.25) is 5.02 Å². The second-order valence-electron chi connectivity index (χ2n) is 4.98. The lowest BCUT2D eigenvalue weighted by atomic mass is 9.99. The van der Waals surface area contributed by atoms with Crippen LogP contribution in [0.3, 0.4) is 0 Å². The molecule has 4 heteroatoms. The molecule has 0 aliphatic rings. The second kappa shape index (κ2) is 7.85. The third kappa shape index (κ3) is 4.48. The molecular formula is C17H20ClNOS. The van der Waals surface area contributed by atoms with Crippen molar-refractivity contribution in [1.82, 2.24) is 0 Å². The van der Waals surface area contributed by atoms with Gasteiger partial charge in [0, 0.05) is 14.8 Å². The van der Waals surface area contributed by atoms with E-state index >= 15 is 0 Å². The van der Waals surface area contributed by atoms with Crippen molar-refractivity contribution < 1.29 is 5.11 Å². The maximum atomic E-state index is 10.1. The zero-order valence-electron chi connectivity index (χ0n) is 12.0. The van der Waals surface area contributed by atoms with Crippen LogP contribution in [0.25, 0.3) is 0 Å². The summed E-state index contributed by atoms with van der Waals surface area (Å²) in [4.78, 5) is 2.17. The first-order chi connectivity index (χ1) is 10.1. The van der Waals surface area contributed by atoms with Crippen molar-refractivity contribution in [3.05, 3.63) is 59.1 Å². The largest absolute Gasteiger partial charge is 0.391 e. The summed E-state index contributed by atoms with van der Waals surface area (Å²) in [6, 6.07) is 15.3. The molecule has 0 radical (unpaired) electrons. The van der Waals surface area contributed by atoms with Crippen molar-refractivity contribution in [2.75, 3.05) is 0 Å². The highest BCUT2D eigenvalue weighted by atomic mass is 35.5. The Bertz CT molecular complexity index is 573. The van der Waals surface area contributed by atoms with Crippen LogP contribution >= 0.6 is 23.4 Å². The lowest BCUT2D eigenvalue weighted by Gasteiger charge is -2.21. The number of hydrogen-bond acceptors (Lipinski definition) is 3. The minimum atomic E-state index is -0.512. The number of aliphatic hydroxyl groups is 1. The van der Waals surface area contributed by atoms with E-state index in [4.69, 9.17) is 17.3 Å². The number of halogens is 1. The van der Waals surface area contributed by atoms with E-state index in [-0.39, 0.29) is 6.04 Å². The SMILES string of the molecule is CCC[C@H](O)[C@H](N)c1ccccc1Sc1ccc(Cl)cc1. The molecule has 0 unspecified atom stereocenters. The van der Waals surface area contributed by atoms with Crippen molar-refractivity contribution in [1.29, 1.82) is 0 Å². The molecule has 3 N–H and O–H groups in total. The summed E-state index contributed by atoms with van der Waals surface area (Å²) in [7, 11) is 0. The van der Waals surface area contributed by atoms with Crippen LogP contribution in [0.1, 0.15) is 31.4 Å². The summed E-state index contributed by atoms with van der Waals surface area (Å²) in [5, 5.41) is 10.9. The van der Waals surface area contributed by atoms with Crippen LogP contribution < -0.4 is 5.73 Å². The first kappa shape index (κ1) is 16.4. The topological polar surface area (TPSA) is 46.2 Å². The first-order valence-corrected chi connectivity index (χ1v) is 8.27. The predicted octanol–water partition coefficient (Wildman–Crippen LogP) is 4.65. The first-order valence-electron chi connectivity index (χ1n) is 7.07. The Hall–Kier alpha value is -1.00. The van der Waals surface area contributed by atoms with E-state index < -0.39 is 6.10 Å². The van der Waals surface area contributed by atoms with Crippen molar-refractivity contribution in [2.45, 2.75) is 41.7 Å². The van der Waals surface area contributed by atoms with Gasteiger partial charge in [-0.1, -0.05) is 54.9 Å². The van der Waals surface area contributed by atoms with Gasteiger partial charge in [0.1, 0.15) is 0 Å². The minimum Gasteiger partial charge on any atom is -0.391 e. The number of nitrogens with two attached hydrogens (primary N) is 1. The second-order valence-corrected chi connectivity index (χ2v) is 6.53. The summed E-state index contributed by atoms with van der Waals surface area (Å²) >= 11 is 7.55. The van der Waals surface area contributed by atoms with Crippen LogP contribution in [0.4, 0.5) is 0 Å². The van der Waals surface area contributed by atoms with Gasteiger partial charge in [-0.05, 0) is 42.3 Å². The van der Waals surface area contributed by atoms with Crippen LogP contribution in [0.5, 0.6) is 0 Å². The molecular weight excluding hydrogens is 302 g/mol. The molecule has 0 bridgehead atoms. The fraction of sp³-hybridized carbons (Fsp3) is 0.294. The van der Waals surface area contributed by atoms with Crippen LogP contribution in [-0.4, -0.2) is 11.2 Å². The molecule has 0 amide bonds. The Morgan fingerprint density at radius 3 is 2.48 bits per heavy atom. The van der Waals surface area contributed by atoms with E-state index in [1.165, 1.54) is 0 Å². The van der Waals surface area contributed by atoms with Gasteiger partial charge < -0.3 is 10.8 Å². The fourth-order valence-electron chi connectivity index (χ4n) is 2.16. The predicted molar refractivity (Wildman–Crippen MR) is 89.9 cm³/mol. The van der Waals surface area contributed by atoms with Gasteiger partial charge in [0.15, 0.2) is 0 Å². The van der Waals surface area contributed by atoms with Gasteiger partial charge in [0.05, 0.1) is 12.1 Å². The summed E-state index contributed by atoms with van der Waals surface area (Å²) in [5.41, 5.74) is 7.20. The number of rotatable bonds is 6. The average Bonchev–Trinajstić information content (AvgIpc) is 2.50. The standard InChI is InChI=1S/C17H20ClNOS/c1-2-5-15(20)17(19)14-6-3-4-7-16(14)21-13-10-8-12(18)9-11-13/h3-4,6-11,15,17,20H,2,5,19H2,1H3/t15-,17+/m0/s1. The highest BCUT2D eigenvalue weighted by Crippen LogP contribution is 2.34. The molecule has 0 aromatic heterocycles. The number of hydrogen-bond donors (Lipinski definition) is 2. The van der Waals surface area contributed by atoms with Gasteiger partial charge in [-0.3, -0.25) is 0 Å². The Balaban J connectivity index is 2.22. The Morgan fingerprint density at radius 2 is 1.81 bits per heavy atom. The average molecular weight is 322 g/mol. The Morgan fingerprint density at radius 1 is 1.14 bits per heavy atom. The molecule has 0 spiro atoms. The van der Waals surface area contributed by atoms with Crippen LogP contribution in [0, 0.1) is 0 Å². The van der Waals surface area contributed by atoms with Crippen LogP contribution in [-0.2, 0) is 0 Å². The number of aliphatic hydroxyl groups excluding tert-OH is 1. The van der Waals surface area contributed by atoms with Gasteiger partial charge in [0.2, 0.25) is 0 Å². The summed E-state index contributed by atoms with van der Waals surface area (Å²) < 4.78 is 0. The molecule has 0 aliphatic carbocycles.